The van der Waals surface area contributed by atoms with Gasteiger partial charge in [0.1, 0.15) is 10.8 Å². The smallest absolute Gasteiger partial charge is 0.235 e. The Labute approximate surface area is 153 Å². The molecule has 26 heavy (non-hydrogen) atoms. The number of methoxy groups -OCH3 is 3. The maximum atomic E-state index is 5.37. The van der Waals surface area contributed by atoms with E-state index in [0.29, 0.717) is 22.3 Å². The Balaban J connectivity index is 1.79. The van der Waals surface area contributed by atoms with E-state index >= 15 is 0 Å². The van der Waals surface area contributed by atoms with Gasteiger partial charge in [-0.05, 0) is 30.3 Å². The molecule has 0 atom stereocenters. The van der Waals surface area contributed by atoms with Gasteiger partial charge in [0.05, 0.1) is 21.3 Å². The highest BCUT2D eigenvalue weighted by molar-refractivity contribution is 7.19. The van der Waals surface area contributed by atoms with Gasteiger partial charge in [0.15, 0.2) is 17.3 Å². The highest BCUT2D eigenvalue weighted by Gasteiger charge is 2.16. The summed E-state index contributed by atoms with van der Waals surface area (Å²) < 4.78 is 17.7. The van der Waals surface area contributed by atoms with Gasteiger partial charge < -0.3 is 14.2 Å². The Hall–Kier alpha value is -3.13. The number of hydrogen-bond donors (Lipinski definition) is 0. The van der Waals surface area contributed by atoms with Crippen molar-refractivity contribution in [2.45, 2.75) is 0 Å². The van der Waals surface area contributed by atoms with Gasteiger partial charge >= 0.3 is 0 Å². The molecule has 0 aliphatic heterocycles. The van der Waals surface area contributed by atoms with Crippen molar-refractivity contribution < 1.29 is 14.2 Å². The largest absolute Gasteiger partial charge is 0.497 e. The molecule has 0 saturated heterocycles. The van der Waals surface area contributed by atoms with E-state index in [-0.39, 0.29) is 0 Å². The van der Waals surface area contributed by atoms with E-state index in [2.05, 4.69) is 15.3 Å². The molecule has 0 bridgehead atoms. The predicted molar refractivity (Wildman–Crippen MR) is 99.2 cm³/mol. The van der Waals surface area contributed by atoms with Crippen molar-refractivity contribution in [3.8, 4) is 39.2 Å². The lowest BCUT2D eigenvalue weighted by Gasteiger charge is -2.08. The summed E-state index contributed by atoms with van der Waals surface area (Å²) in [6.07, 6.45) is 0. The molecule has 4 aromatic rings. The van der Waals surface area contributed by atoms with Gasteiger partial charge in [-0.15, -0.1) is 10.2 Å². The molecule has 0 spiro atoms. The number of fused-ring (bicyclic) bond motifs is 1. The molecule has 0 amide bonds. The van der Waals surface area contributed by atoms with Crippen LogP contribution in [0.2, 0.25) is 0 Å². The molecule has 4 rings (SSSR count). The Morgan fingerprint density at radius 1 is 0.846 bits per heavy atom. The second kappa shape index (κ2) is 6.64. The van der Waals surface area contributed by atoms with Crippen LogP contribution in [0, 0.1) is 0 Å². The Morgan fingerprint density at radius 3 is 2.46 bits per heavy atom. The molecule has 0 saturated carbocycles. The van der Waals surface area contributed by atoms with E-state index in [0.717, 1.165) is 21.9 Å². The van der Waals surface area contributed by atoms with Crippen LogP contribution in [0.4, 0.5) is 0 Å². The third-order valence-electron chi connectivity index (χ3n) is 3.95. The topological polar surface area (TPSA) is 70.8 Å². The van der Waals surface area contributed by atoms with Crippen LogP contribution in [-0.4, -0.2) is 41.1 Å². The number of nitrogens with zero attached hydrogens (tertiary/aromatic N) is 4. The molecule has 0 fully saturated rings. The van der Waals surface area contributed by atoms with Crippen LogP contribution in [0.25, 0.3) is 26.9 Å². The summed E-state index contributed by atoms with van der Waals surface area (Å²) in [7, 11) is 4.85. The van der Waals surface area contributed by atoms with Gasteiger partial charge in [-0.2, -0.15) is 9.61 Å². The Kier molecular flexibility index (Phi) is 4.18. The molecule has 7 nitrogen and oxygen atoms in total. The zero-order valence-electron chi connectivity index (χ0n) is 14.5. The summed E-state index contributed by atoms with van der Waals surface area (Å²) in [6, 6.07) is 13.4. The van der Waals surface area contributed by atoms with Crippen LogP contribution in [0.3, 0.4) is 0 Å². The normalized spacial score (nSPS) is 10.9. The number of ether oxygens (including phenoxy) is 3. The summed E-state index contributed by atoms with van der Waals surface area (Å²) in [4.78, 5) is 0.715. The average Bonchev–Trinajstić information content (AvgIpc) is 3.28. The zero-order chi connectivity index (χ0) is 18.1. The van der Waals surface area contributed by atoms with Crippen LogP contribution in [0.1, 0.15) is 0 Å². The molecular formula is C18H16N4O3S. The lowest BCUT2D eigenvalue weighted by atomic mass is 10.2. The van der Waals surface area contributed by atoms with Gasteiger partial charge in [-0.3, -0.25) is 0 Å². The van der Waals surface area contributed by atoms with Crippen LogP contribution >= 0.6 is 11.3 Å². The van der Waals surface area contributed by atoms with Crippen molar-refractivity contribution in [3.05, 3.63) is 42.5 Å². The minimum absolute atomic E-state index is 0.630. The van der Waals surface area contributed by atoms with E-state index in [9.17, 15) is 0 Å². The van der Waals surface area contributed by atoms with E-state index in [1.165, 1.54) is 11.3 Å². The maximum absolute atomic E-state index is 5.37. The van der Waals surface area contributed by atoms with E-state index < -0.39 is 0 Å². The van der Waals surface area contributed by atoms with Gasteiger partial charge in [0.2, 0.25) is 4.96 Å². The highest BCUT2D eigenvalue weighted by Crippen LogP contribution is 2.33. The summed E-state index contributed by atoms with van der Waals surface area (Å²) in [5, 5.41) is 14.0. The highest BCUT2D eigenvalue weighted by atomic mass is 32.1. The van der Waals surface area contributed by atoms with Crippen LogP contribution in [0.5, 0.6) is 17.2 Å². The monoisotopic (exact) mass is 368 g/mol. The van der Waals surface area contributed by atoms with Crippen molar-refractivity contribution >= 4 is 16.3 Å². The molecule has 0 unspecified atom stereocenters. The fourth-order valence-electron chi connectivity index (χ4n) is 2.65. The molecule has 2 aromatic carbocycles. The lowest BCUT2D eigenvalue weighted by molar-refractivity contribution is 0.355. The average molecular weight is 368 g/mol. The first kappa shape index (κ1) is 16.3. The van der Waals surface area contributed by atoms with Crippen molar-refractivity contribution in [2.24, 2.45) is 0 Å². The van der Waals surface area contributed by atoms with Crippen LogP contribution in [0.15, 0.2) is 42.5 Å². The second-order valence-electron chi connectivity index (χ2n) is 5.43. The Bertz CT molecular complexity index is 1070. The van der Waals surface area contributed by atoms with E-state index in [1.54, 1.807) is 25.8 Å². The lowest BCUT2D eigenvalue weighted by Crippen LogP contribution is -1.94. The minimum atomic E-state index is 0.630. The third kappa shape index (κ3) is 2.74. The maximum Gasteiger partial charge on any atom is 0.235 e. The molecule has 0 radical (unpaired) electrons. The van der Waals surface area contributed by atoms with Crippen molar-refractivity contribution in [1.82, 2.24) is 19.8 Å². The predicted octanol–water partition coefficient (Wildman–Crippen LogP) is 3.55. The van der Waals surface area contributed by atoms with Crippen LogP contribution in [-0.2, 0) is 0 Å². The Morgan fingerprint density at radius 2 is 1.69 bits per heavy atom. The first-order chi connectivity index (χ1) is 12.7. The fourth-order valence-corrected chi connectivity index (χ4v) is 3.48. The molecule has 2 heterocycles. The first-order valence-corrected chi connectivity index (χ1v) is 8.64. The molecular weight excluding hydrogens is 352 g/mol. The standard InChI is InChI=1S/C18H16N4O3S/c1-23-13-6-4-5-12(9-13)17-21-22-16(19-20-18(22)26-17)11-7-8-14(24-2)15(10-11)25-3/h4-10H,1-3H3. The van der Waals surface area contributed by atoms with E-state index in [4.69, 9.17) is 14.2 Å². The molecule has 0 aliphatic rings. The molecule has 0 N–H and O–H groups in total. The second-order valence-corrected chi connectivity index (χ2v) is 6.38. The van der Waals surface area contributed by atoms with Crippen molar-refractivity contribution in [1.29, 1.82) is 0 Å². The molecule has 132 valence electrons. The summed E-state index contributed by atoms with van der Waals surface area (Å²) in [5.74, 6) is 2.72. The van der Waals surface area contributed by atoms with E-state index in [1.807, 2.05) is 42.5 Å². The van der Waals surface area contributed by atoms with Gasteiger partial charge in [-0.25, -0.2) is 0 Å². The third-order valence-corrected chi connectivity index (χ3v) is 4.90. The van der Waals surface area contributed by atoms with Crippen molar-refractivity contribution in [3.63, 3.8) is 0 Å². The number of aromatic nitrogens is 4. The van der Waals surface area contributed by atoms with Crippen LogP contribution < -0.4 is 14.2 Å². The number of benzene rings is 2. The molecule has 2 aromatic heterocycles. The SMILES string of the molecule is COc1cccc(-c2nn3c(-c4ccc(OC)c(OC)c4)nnc3s2)c1. The first-order valence-electron chi connectivity index (χ1n) is 7.82. The van der Waals surface area contributed by atoms with Crippen molar-refractivity contribution in [2.75, 3.05) is 21.3 Å². The van der Waals surface area contributed by atoms with Gasteiger partial charge in [0, 0.05) is 11.1 Å². The number of hydrogen-bond acceptors (Lipinski definition) is 7. The summed E-state index contributed by atoms with van der Waals surface area (Å²) >= 11 is 1.47. The fraction of sp³-hybridized carbons (Fsp3) is 0.167. The quantitative estimate of drug-likeness (QED) is 0.537. The number of rotatable bonds is 5. The van der Waals surface area contributed by atoms with Gasteiger partial charge in [0.25, 0.3) is 0 Å². The summed E-state index contributed by atoms with van der Waals surface area (Å²) in [5.41, 5.74) is 1.82. The summed E-state index contributed by atoms with van der Waals surface area (Å²) in [6.45, 7) is 0. The zero-order valence-corrected chi connectivity index (χ0v) is 15.3. The molecule has 0 aliphatic carbocycles. The van der Waals surface area contributed by atoms with Gasteiger partial charge in [-0.1, -0.05) is 23.5 Å². The molecule has 8 heteroatoms. The minimum Gasteiger partial charge on any atom is -0.497 e.